The molecule has 0 radical (unpaired) electrons. The normalized spacial score (nSPS) is 17.6. The largest absolute Gasteiger partial charge is 0.479 e. The highest BCUT2D eigenvalue weighted by Gasteiger charge is 1.98. The lowest BCUT2D eigenvalue weighted by Crippen LogP contribution is -2.11. The van der Waals surface area contributed by atoms with Crippen molar-refractivity contribution in [2.45, 2.75) is 0 Å². The van der Waals surface area contributed by atoms with Gasteiger partial charge in [-0.15, -0.1) is 0 Å². The molecule has 0 aromatic heterocycles. The molecule has 0 aromatic carbocycles. The van der Waals surface area contributed by atoms with Crippen LogP contribution in [0.3, 0.4) is 0 Å². The van der Waals surface area contributed by atoms with Crippen LogP contribution in [0.15, 0.2) is 12.5 Å². The first-order valence-electron chi connectivity index (χ1n) is 2.02. The van der Waals surface area contributed by atoms with E-state index in [0.29, 0.717) is 0 Å². The number of ether oxygens (including phenoxy) is 1. The minimum Gasteiger partial charge on any atom is -0.479 e. The van der Waals surface area contributed by atoms with Gasteiger partial charge in [0, 0.05) is 6.20 Å². The number of halogens is 1. The average molecular weight is 211 g/mol. The van der Waals surface area contributed by atoms with Crippen molar-refractivity contribution in [2.24, 2.45) is 0 Å². The predicted molar refractivity (Wildman–Crippen MR) is 35.8 cm³/mol. The molecule has 0 saturated carbocycles. The summed E-state index contributed by atoms with van der Waals surface area (Å²) in [5.74, 6) is 0. The zero-order valence-corrected chi connectivity index (χ0v) is 5.96. The molecule has 1 aliphatic rings. The minimum absolute atomic E-state index is 0.725. The van der Waals surface area contributed by atoms with Gasteiger partial charge in [0.25, 0.3) is 0 Å². The second kappa shape index (κ2) is 2.40. The third-order valence-corrected chi connectivity index (χ3v) is 1.64. The molecule has 0 fully saturated rings. The van der Waals surface area contributed by atoms with E-state index in [0.717, 1.165) is 11.3 Å². The van der Waals surface area contributed by atoms with Gasteiger partial charge in [-0.3, -0.25) is 0 Å². The van der Waals surface area contributed by atoms with Crippen molar-refractivity contribution < 1.29 is 4.74 Å². The Hall–Kier alpha value is 0.0700. The van der Waals surface area contributed by atoms with Gasteiger partial charge in [-0.05, 0) is 0 Å². The first kappa shape index (κ1) is 5.21. The SMILES string of the molecule is ICN1C=COC1. The summed E-state index contributed by atoms with van der Waals surface area (Å²) in [7, 11) is 0. The molecule has 0 spiro atoms. The third-order valence-electron chi connectivity index (χ3n) is 0.762. The van der Waals surface area contributed by atoms with E-state index in [1.165, 1.54) is 0 Å². The van der Waals surface area contributed by atoms with Gasteiger partial charge in [-0.25, -0.2) is 0 Å². The lowest BCUT2D eigenvalue weighted by molar-refractivity contribution is 0.189. The fraction of sp³-hybridized carbons (Fsp3) is 0.500. The quantitative estimate of drug-likeness (QED) is 0.366. The Labute approximate surface area is 56.3 Å². The highest BCUT2D eigenvalue weighted by molar-refractivity contribution is 14.1. The standard InChI is InChI=1S/C4H6INO/c5-3-6-1-2-7-4-6/h1-2H,3-4H2. The summed E-state index contributed by atoms with van der Waals surface area (Å²) in [6, 6.07) is 0. The molecule has 0 amide bonds. The highest BCUT2D eigenvalue weighted by atomic mass is 127. The van der Waals surface area contributed by atoms with Gasteiger partial charge in [0.15, 0.2) is 6.73 Å². The Kier molecular flexibility index (Phi) is 1.78. The van der Waals surface area contributed by atoms with Crippen molar-refractivity contribution in [1.29, 1.82) is 0 Å². The second-order valence-electron chi connectivity index (χ2n) is 1.29. The lowest BCUT2D eigenvalue weighted by Gasteiger charge is -2.06. The molecular weight excluding hydrogens is 205 g/mol. The van der Waals surface area contributed by atoms with E-state index >= 15 is 0 Å². The smallest absolute Gasteiger partial charge is 0.160 e. The Balaban J connectivity index is 2.28. The molecular formula is C4H6INO. The van der Waals surface area contributed by atoms with E-state index in [9.17, 15) is 0 Å². The Bertz CT molecular complexity index is 83.8. The molecule has 1 aliphatic heterocycles. The highest BCUT2D eigenvalue weighted by Crippen LogP contribution is 2.01. The minimum atomic E-state index is 0.725. The van der Waals surface area contributed by atoms with Crippen molar-refractivity contribution in [3.63, 3.8) is 0 Å². The maximum atomic E-state index is 4.89. The van der Waals surface area contributed by atoms with Crippen molar-refractivity contribution in [2.75, 3.05) is 11.3 Å². The Morgan fingerprint density at radius 3 is 3.00 bits per heavy atom. The second-order valence-corrected chi connectivity index (χ2v) is 1.97. The van der Waals surface area contributed by atoms with Crippen LogP contribution in [0.4, 0.5) is 0 Å². The fourth-order valence-corrected chi connectivity index (χ4v) is 0.810. The summed E-state index contributed by atoms with van der Waals surface area (Å²) in [6.45, 7) is 0.725. The van der Waals surface area contributed by atoms with Gasteiger partial charge in [-0.1, -0.05) is 22.6 Å². The summed E-state index contributed by atoms with van der Waals surface area (Å²) < 4.78 is 5.90. The predicted octanol–water partition coefficient (Wildman–Crippen LogP) is 1.14. The first-order chi connectivity index (χ1) is 3.43. The molecule has 0 aromatic rings. The summed E-state index contributed by atoms with van der Waals surface area (Å²) in [4.78, 5) is 2.07. The Morgan fingerprint density at radius 2 is 2.71 bits per heavy atom. The third kappa shape index (κ3) is 1.22. The van der Waals surface area contributed by atoms with E-state index in [1.54, 1.807) is 6.26 Å². The molecule has 0 saturated heterocycles. The summed E-state index contributed by atoms with van der Waals surface area (Å²) >= 11 is 2.28. The van der Waals surface area contributed by atoms with Crippen LogP contribution in [0.2, 0.25) is 0 Å². The maximum Gasteiger partial charge on any atom is 0.160 e. The number of hydrogen-bond acceptors (Lipinski definition) is 2. The van der Waals surface area contributed by atoms with Crippen molar-refractivity contribution in [1.82, 2.24) is 4.90 Å². The summed E-state index contributed by atoms with van der Waals surface area (Å²) in [5, 5.41) is 0. The zero-order valence-electron chi connectivity index (χ0n) is 3.80. The van der Waals surface area contributed by atoms with E-state index in [2.05, 4.69) is 27.5 Å². The molecule has 3 heteroatoms. The average Bonchev–Trinajstić information content (AvgIpc) is 2.14. The molecule has 1 rings (SSSR count). The van der Waals surface area contributed by atoms with Crippen molar-refractivity contribution in [3.8, 4) is 0 Å². The van der Waals surface area contributed by atoms with E-state index < -0.39 is 0 Å². The van der Waals surface area contributed by atoms with E-state index in [1.807, 2.05) is 6.20 Å². The molecule has 2 nitrogen and oxygen atoms in total. The molecule has 0 aliphatic carbocycles. The van der Waals surface area contributed by atoms with Gasteiger partial charge in [0.1, 0.15) is 6.26 Å². The van der Waals surface area contributed by atoms with Crippen LogP contribution in [0, 0.1) is 0 Å². The van der Waals surface area contributed by atoms with Crippen LogP contribution in [0.1, 0.15) is 0 Å². The molecule has 40 valence electrons. The molecule has 0 N–H and O–H groups in total. The summed E-state index contributed by atoms with van der Waals surface area (Å²) in [6.07, 6.45) is 3.64. The van der Waals surface area contributed by atoms with Crippen LogP contribution in [-0.2, 0) is 4.74 Å². The molecule has 0 unspecified atom stereocenters. The molecule has 0 atom stereocenters. The maximum absolute atomic E-state index is 4.89. The van der Waals surface area contributed by atoms with Gasteiger partial charge in [-0.2, -0.15) is 0 Å². The van der Waals surface area contributed by atoms with Crippen molar-refractivity contribution >= 4 is 22.6 Å². The van der Waals surface area contributed by atoms with Crippen LogP contribution in [0.5, 0.6) is 0 Å². The van der Waals surface area contributed by atoms with Crippen LogP contribution >= 0.6 is 22.6 Å². The number of alkyl halides is 1. The number of hydrogen-bond donors (Lipinski definition) is 0. The molecule has 7 heavy (non-hydrogen) atoms. The number of rotatable bonds is 1. The van der Waals surface area contributed by atoms with Gasteiger partial charge in [0.05, 0.1) is 4.55 Å². The van der Waals surface area contributed by atoms with E-state index in [4.69, 9.17) is 4.74 Å². The van der Waals surface area contributed by atoms with Gasteiger partial charge >= 0.3 is 0 Å². The van der Waals surface area contributed by atoms with Crippen LogP contribution in [-0.4, -0.2) is 16.2 Å². The molecule has 1 heterocycles. The summed E-state index contributed by atoms with van der Waals surface area (Å²) in [5.41, 5.74) is 0. The number of nitrogens with zero attached hydrogens (tertiary/aromatic N) is 1. The van der Waals surface area contributed by atoms with Crippen LogP contribution < -0.4 is 0 Å². The van der Waals surface area contributed by atoms with Crippen LogP contribution in [0.25, 0.3) is 0 Å². The van der Waals surface area contributed by atoms with Gasteiger partial charge < -0.3 is 9.64 Å². The van der Waals surface area contributed by atoms with Crippen molar-refractivity contribution in [3.05, 3.63) is 12.5 Å². The lowest BCUT2D eigenvalue weighted by atomic mass is 10.9. The molecule has 0 bridgehead atoms. The fourth-order valence-electron chi connectivity index (χ4n) is 0.385. The first-order valence-corrected chi connectivity index (χ1v) is 3.54. The Morgan fingerprint density at radius 1 is 1.86 bits per heavy atom. The monoisotopic (exact) mass is 211 g/mol. The van der Waals surface area contributed by atoms with Gasteiger partial charge in [0.2, 0.25) is 0 Å². The zero-order chi connectivity index (χ0) is 5.11. The topological polar surface area (TPSA) is 12.5 Å². The van der Waals surface area contributed by atoms with E-state index in [-0.39, 0.29) is 0 Å².